The van der Waals surface area contributed by atoms with Crippen LogP contribution in [0.1, 0.15) is 6.92 Å². The van der Waals surface area contributed by atoms with Crippen LogP contribution in [0.3, 0.4) is 0 Å². The van der Waals surface area contributed by atoms with Crippen molar-refractivity contribution in [3.63, 3.8) is 0 Å². The van der Waals surface area contributed by atoms with E-state index in [1.165, 1.54) is 0 Å². The molecule has 0 saturated heterocycles. The van der Waals surface area contributed by atoms with Crippen molar-refractivity contribution in [2.24, 2.45) is 11.7 Å². The van der Waals surface area contributed by atoms with Gasteiger partial charge in [-0.15, -0.1) is 0 Å². The van der Waals surface area contributed by atoms with Crippen LogP contribution in [-0.4, -0.2) is 43.9 Å². The summed E-state index contributed by atoms with van der Waals surface area (Å²) in [6.45, 7) is 3.69. The summed E-state index contributed by atoms with van der Waals surface area (Å²) in [5.74, 6) is -0.613. The minimum absolute atomic E-state index is 0.295. The maximum Gasteiger partial charge on any atom is 0.321 e. The summed E-state index contributed by atoms with van der Waals surface area (Å²) in [6.07, 6.45) is 0. The number of aliphatic carboxylic acids is 1. The van der Waals surface area contributed by atoms with Gasteiger partial charge in [0.05, 0.1) is 0 Å². The number of carboxylic acids is 1. The van der Waals surface area contributed by atoms with E-state index >= 15 is 0 Å². The van der Waals surface area contributed by atoms with Crippen molar-refractivity contribution in [1.82, 2.24) is 5.32 Å². The molecule has 2 unspecified atom stereocenters. The molecule has 2 atom stereocenters. The van der Waals surface area contributed by atoms with Crippen LogP contribution in [0, 0.1) is 5.92 Å². The highest BCUT2D eigenvalue weighted by atomic mass is 16.5. The third-order valence-electron chi connectivity index (χ3n) is 1.63. The second-order valence-corrected chi connectivity index (χ2v) is 3.16. The molecule has 0 aliphatic rings. The predicted octanol–water partition coefficient (Wildman–Crippen LogP) is -0.730. The summed E-state index contributed by atoms with van der Waals surface area (Å²) in [5, 5.41) is 11.4. The Labute approximate surface area is 78.3 Å². The third kappa shape index (κ3) is 6.51. The highest BCUT2D eigenvalue weighted by Crippen LogP contribution is 1.91. The molecular weight excluding hydrogens is 172 g/mol. The zero-order valence-corrected chi connectivity index (χ0v) is 8.12. The monoisotopic (exact) mass is 190 g/mol. The van der Waals surface area contributed by atoms with Crippen molar-refractivity contribution in [3.05, 3.63) is 0 Å². The van der Waals surface area contributed by atoms with Crippen molar-refractivity contribution >= 4 is 5.97 Å². The highest BCUT2D eigenvalue weighted by molar-refractivity contribution is 5.73. The Hall–Kier alpha value is -0.650. The van der Waals surface area contributed by atoms with Crippen LogP contribution in [0.4, 0.5) is 0 Å². The molecule has 0 radical (unpaired) electrons. The fraction of sp³-hybridized carbons (Fsp3) is 0.875. The average Bonchev–Trinajstić information content (AvgIpc) is 2.04. The van der Waals surface area contributed by atoms with E-state index in [-0.39, 0.29) is 0 Å². The molecule has 0 fully saturated rings. The van der Waals surface area contributed by atoms with Crippen LogP contribution in [-0.2, 0) is 9.53 Å². The van der Waals surface area contributed by atoms with E-state index in [0.29, 0.717) is 19.1 Å². The molecule has 5 nitrogen and oxygen atoms in total. The molecule has 0 rings (SSSR count). The van der Waals surface area contributed by atoms with Crippen molar-refractivity contribution in [1.29, 1.82) is 0 Å². The lowest BCUT2D eigenvalue weighted by atomic mass is 10.2. The molecule has 5 heteroatoms. The Morgan fingerprint density at radius 1 is 1.62 bits per heavy atom. The van der Waals surface area contributed by atoms with E-state index in [2.05, 4.69) is 5.32 Å². The number of nitrogens with two attached hydrogens (primary N) is 1. The molecule has 0 aromatic heterocycles. The Morgan fingerprint density at radius 3 is 2.69 bits per heavy atom. The van der Waals surface area contributed by atoms with Gasteiger partial charge in [0.15, 0.2) is 0 Å². The standard InChI is InChI=1S/C8H18N2O3/c1-6(5-13-2)3-10-4-7(9)8(11)12/h6-7,10H,3-5,9H2,1-2H3,(H,11,12). The Morgan fingerprint density at radius 2 is 2.23 bits per heavy atom. The predicted molar refractivity (Wildman–Crippen MR) is 49.5 cm³/mol. The van der Waals surface area contributed by atoms with E-state index in [0.717, 1.165) is 6.54 Å². The molecule has 0 aliphatic carbocycles. The van der Waals surface area contributed by atoms with Gasteiger partial charge in [-0.25, -0.2) is 0 Å². The number of hydrogen-bond donors (Lipinski definition) is 3. The van der Waals surface area contributed by atoms with Gasteiger partial charge in [-0.2, -0.15) is 0 Å². The van der Waals surface area contributed by atoms with Crippen LogP contribution in [0.15, 0.2) is 0 Å². The molecule has 0 aromatic rings. The van der Waals surface area contributed by atoms with Crippen molar-refractivity contribution < 1.29 is 14.6 Å². The minimum atomic E-state index is -0.980. The van der Waals surface area contributed by atoms with E-state index in [1.807, 2.05) is 6.92 Å². The van der Waals surface area contributed by atoms with Crippen molar-refractivity contribution in [2.45, 2.75) is 13.0 Å². The van der Waals surface area contributed by atoms with Crippen LogP contribution in [0.5, 0.6) is 0 Å². The first-order valence-corrected chi connectivity index (χ1v) is 4.26. The third-order valence-corrected chi connectivity index (χ3v) is 1.63. The molecule has 13 heavy (non-hydrogen) atoms. The van der Waals surface area contributed by atoms with Gasteiger partial charge in [-0.05, 0) is 12.5 Å². The first-order chi connectivity index (χ1) is 6.07. The largest absolute Gasteiger partial charge is 0.480 e. The number of ether oxygens (including phenoxy) is 1. The second kappa shape index (κ2) is 6.82. The number of nitrogens with one attached hydrogen (secondary N) is 1. The van der Waals surface area contributed by atoms with E-state index in [4.69, 9.17) is 15.6 Å². The van der Waals surface area contributed by atoms with Gasteiger partial charge in [0.2, 0.25) is 0 Å². The molecule has 0 aliphatic heterocycles. The molecule has 0 bridgehead atoms. The van der Waals surface area contributed by atoms with Gasteiger partial charge in [0.1, 0.15) is 6.04 Å². The Kier molecular flexibility index (Phi) is 6.48. The van der Waals surface area contributed by atoms with E-state index in [1.54, 1.807) is 7.11 Å². The summed E-state index contributed by atoms with van der Waals surface area (Å²) in [7, 11) is 1.64. The van der Waals surface area contributed by atoms with Crippen LogP contribution < -0.4 is 11.1 Å². The zero-order valence-electron chi connectivity index (χ0n) is 8.12. The van der Waals surface area contributed by atoms with Gasteiger partial charge in [-0.1, -0.05) is 6.92 Å². The van der Waals surface area contributed by atoms with Gasteiger partial charge in [0, 0.05) is 20.3 Å². The molecule has 0 aromatic carbocycles. The van der Waals surface area contributed by atoms with Crippen LogP contribution in [0.2, 0.25) is 0 Å². The number of carboxylic acid groups (broad SMARTS) is 1. The van der Waals surface area contributed by atoms with Gasteiger partial charge in [-0.3, -0.25) is 4.79 Å². The average molecular weight is 190 g/mol. The fourth-order valence-electron chi connectivity index (χ4n) is 0.916. The summed E-state index contributed by atoms with van der Waals surface area (Å²) >= 11 is 0. The maximum absolute atomic E-state index is 10.3. The molecule has 0 amide bonds. The summed E-state index contributed by atoms with van der Waals surface area (Å²) in [4.78, 5) is 10.3. The lowest BCUT2D eigenvalue weighted by Gasteiger charge is -2.12. The van der Waals surface area contributed by atoms with E-state index < -0.39 is 12.0 Å². The zero-order chi connectivity index (χ0) is 10.3. The smallest absolute Gasteiger partial charge is 0.321 e. The molecule has 4 N–H and O–H groups in total. The van der Waals surface area contributed by atoms with Gasteiger partial charge >= 0.3 is 5.97 Å². The summed E-state index contributed by atoms with van der Waals surface area (Å²) in [5.41, 5.74) is 5.28. The van der Waals surface area contributed by atoms with Crippen LogP contribution >= 0.6 is 0 Å². The topological polar surface area (TPSA) is 84.6 Å². The number of rotatable bonds is 7. The number of methoxy groups -OCH3 is 1. The molecule has 0 saturated carbocycles. The Balaban J connectivity index is 3.39. The first-order valence-electron chi connectivity index (χ1n) is 4.26. The van der Waals surface area contributed by atoms with Gasteiger partial charge < -0.3 is 20.9 Å². The Bertz CT molecular complexity index is 152. The SMILES string of the molecule is COCC(C)CNCC(N)C(=O)O. The normalized spacial score (nSPS) is 15.3. The molecular formula is C8H18N2O3. The lowest BCUT2D eigenvalue weighted by molar-refractivity contribution is -0.138. The second-order valence-electron chi connectivity index (χ2n) is 3.16. The van der Waals surface area contributed by atoms with Crippen molar-refractivity contribution in [3.8, 4) is 0 Å². The fourth-order valence-corrected chi connectivity index (χ4v) is 0.916. The molecule has 0 heterocycles. The highest BCUT2D eigenvalue weighted by Gasteiger charge is 2.10. The molecule has 0 spiro atoms. The van der Waals surface area contributed by atoms with Gasteiger partial charge in [0.25, 0.3) is 0 Å². The summed E-state index contributed by atoms with van der Waals surface area (Å²) in [6, 6.07) is -0.824. The van der Waals surface area contributed by atoms with E-state index in [9.17, 15) is 4.79 Å². The first kappa shape index (κ1) is 12.3. The molecule has 78 valence electrons. The minimum Gasteiger partial charge on any atom is -0.480 e. The number of hydrogen-bond acceptors (Lipinski definition) is 4. The summed E-state index contributed by atoms with van der Waals surface area (Å²) < 4.78 is 4.92. The quantitative estimate of drug-likeness (QED) is 0.493. The number of carbonyl (C=O) groups is 1. The van der Waals surface area contributed by atoms with Crippen LogP contribution in [0.25, 0.3) is 0 Å². The van der Waals surface area contributed by atoms with Crippen molar-refractivity contribution in [2.75, 3.05) is 26.8 Å². The maximum atomic E-state index is 10.3. The lowest BCUT2D eigenvalue weighted by Crippen LogP contribution is -2.41.